The quantitative estimate of drug-likeness (QED) is 0.651. The van der Waals surface area contributed by atoms with Crippen LogP contribution in [0.1, 0.15) is 18.1 Å². The highest BCUT2D eigenvalue weighted by Gasteiger charge is 2.50. The zero-order valence-electron chi connectivity index (χ0n) is 9.12. The summed E-state index contributed by atoms with van der Waals surface area (Å²) in [6, 6.07) is 7.94. The minimum atomic E-state index is -0.520. The van der Waals surface area contributed by atoms with Gasteiger partial charge in [-0.3, -0.25) is 9.59 Å². The molecule has 1 aromatic carbocycles. The molecule has 1 amide bonds. The van der Waals surface area contributed by atoms with Gasteiger partial charge < -0.3 is 5.32 Å². The van der Waals surface area contributed by atoms with Crippen molar-refractivity contribution in [2.45, 2.75) is 18.8 Å². The van der Waals surface area contributed by atoms with Gasteiger partial charge in [-0.15, -0.1) is 0 Å². The van der Waals surface area contributed by atoms with Crippen LogP contribution in [0.3, 0.4) is 0 Å². The number of Topliss-reactive ketones (excluding diaryl/α,β-unsaturated/α-hetero) is 1. The minimum absolute atomic E-state index is 0.0787. The van der Waals surface area contributed by atoms with Crippen LogP contribution in [0.25, 0.3) is 0 Å². The number of benzene rings is 1. The molecule has 1 aliphatic carbocycles. The van der Waals surface area contributed by atoms with Crippen molar-refractivity contribution in [2.75, 3.05) is 6.54 Å². The normalized spacial score (nSPS) is 31.9. The van der Waals surface area contributed by atoms with Crippen LogP contribution in [0.5, 0.6) is 0 Å². The molecule has 1 aromatic rings. The van der Waals surface area contributed by atoms with Gasteiger partial charge in [0.25, 0.3) is 0 Å². The zero-order valence-corrected chi connectivity index (χ0v) is 9.12. The van der Waals surface area contributed by atoms with E-state index in [9.17, 15) is 9.59 Å². The Morgan fingerprint density at radius 3 is 2.88 bits per heavy atom. The smallest absolute Gasteiger partial charge is 0.230 e. The Hall–Kier alpha value is -1.64. The second-order valence-corrected chi connectivity index (χ2v) is 4.83. The van der Waals surface area contributed by atoms with Gasteiger partial charge in [-0.1, -0.05) is 24.3 Å². The van der Waals surface area contributed by atoms with Gasteiger partial charge in [-0.2, -0.15) is 0 Å². The van der Waals surface area contributed by atoms with E-state index < -0.39 is 11.3 Å². The van der Waals surface area contributed by atoms with Gasteiger partial charge in [0, 0.05) is 6.54 Å². The first kappa shape index (κ1) is 9.58. The van der Waals surface area contributed by atoms with Crippen molar-refractivity contribution in [3.63, 3.8) is 0 Å². The molecule has 0 aromatic heterocycles. The topological polar surface area (TPSA) is 46.2 Å². The summed E-state index contributed by atoms with van der Waals surface area (Å²) in [5.41, 5.74) is 1.70. The zero-order chi connectivity index (χ0) is 11.3. The van der Waals surface area contributed by atoms with Crippen LogP contribution in [0, 0.1) is 5.92 Å². The van der Waals surface area contributed by atoms with E-state index in [1.54, 1.807) is 0 Å². The number of piperidine rings is 1. The van der Waals surface area contributed by atoms with Crippen molar-refractivity contribution in [1.82, 2.24) is 5.32 Å². The number of rotatable bonds is 0. The summed E-state index contributed by atoms with van der Waals surface area (Å²) in [4.78, 5) is 23.9. The van der Waals surface area contributed by atoms with Gasteiger partial charge in [0.2, 0.25) is 5.91 Å². The lowest BCUT2D eigenvalue weighted by molar-refractivity contribution is -0.141. The Kier molecular flexibility index (Phi) is 1.76. The summed E-state index contributed by atoms with van der Waals surface area (Å²) >= 11 is 0. The molecule has 82 valence electrons. The molecule has 1 aliphatic heterocycles. The molecule has 3 nitrogen and oxygen atoms in total. The fraction of sp³-hybridized carbons (Fsp3) is 0.385. The number of hydrogen-bond acceptors (Lipinski definition) is 2. The molecule has 1 saturated heterocycles. The summed E-state index contributed by atoms with van der Waals surface area (Å²) in [6.07, 6.45) is 0.552. The van der Waals surface area contributed by atoms with Gasteiger partial charge in [0.1, 0.15) is 5.92 Å². The van der Waals surface area contributed by atoms with E-state index in [0.717, 1.165) is 11.1 Å². The van der Waals surface area contributed by atoms with Crippen molar-refractivity contribution >= 4 is 11.7 Å². The van der Waals surface area contributed by atoms with Crippen LogP contribution >= 0.6 is 0 Å². The minimum Gasteiger partial charge on any atom is -0.354 e. The molecule has 1 fully saturated rings. The Morgan fingerprint density at radius 1 is 1.31 bits per heavy atom. The highest BCUT2D eigenvalue weighted by molar-refractivity contribution is 6.10. The van der Waals surface area contributed by atoms with Crippen LogP contribution in [-0.2, 0) is 21.4 Å². The third-order valence-electron chi connectivity index (χ3n) is 3.83. The first-order valence-corrected chi connectivity index (χ1v) is 5.53. The first-order valence-electron chi connectivity index (χ1n) is 5.53. The molecule has 3 heteroatoms. The van der Waals surface area contributed by atoms with Gasteiger partial charge in [0.05, 0.1) is 5.41 Å². The molecule has 0 spiro atoms. The van der Waals surface area contributed by atoms with E-state index in [2.05, 4.69) is 5.32 Å². The highest BCUT2D eigenvalue weighted by Crippen LogP contribution is 2.38. The van der Waals surface area contributed by atoms with Crippen LogP contribution in [-0.4, -0.2) is 18.2 Å². The average molecular weight is 215 g/mol. The number of nitrogens with one attached hydrogen (secondary N) is 1. The molecule has 1 heterocycles. The Bertz CT molecular complexity index is 494. The van der Waals surface area contributed by atoms with Gasteiger partial charge in [-0.25, -0.2) is 0 Å². The predicted octanol–water partition coefficient (Wildman–Crippen LogP) is 0.815. The highest BCUT2D eigenvalue weighted by atomic mass is 16.2. The van der Waals surface area contributed by atoms with E-state index in [1.807, 2.05) is 31.2 Å². The molecule has 0 radical (unpaired) electrons. The number of hydrogen-bond donors (Lipinski definition) is 1. The molecule has 16 heavy (non-hydrogen) atoms. The van der Waals surface area contributed by atoms with E-state index >= 15 is 0 Å². The van der Waals surface area contributed by atoms with Crippen LogP contribution < -0.4 is 5.32 Å². The first-order chi connectivity index (χ1) is 7.63. The lowest BCUT2D eigenvalue weighted by Crippen LogP contribution is -2.59. The fourth-order valence-corrected chi connectivity index (χ4v) is 2.85. The Balaban J connectivity index is 2.23. The monoisotopic (exact) mass is 215 g/mol. The van der Waals surface area contributed by atoms with Crippen LogP contribution in [0.4, 0.5) is 0 Å². The SMILES string of the molecule is CC12CNC(=O)C(Cc3ccccc31)C2=O. The van der Waals surface area contributed by atoms with E-state index in [0.29, 0.717) is 13.0 Å². The summed E-state index contributed by atoms with van der Waals surface area (Å²) in [7, 11) is 0. The molecule has 2 atom stereocenters. The third kappa shape index (κ3) is 1.03. The van der Waals surface area contributed by atoms with Crippen molar-refractivity contribution < 1.29 is 9.59 Å². The number of fused-ring (bicyclic) bond motifs is 4. The standard InChI is InChI=1S/C13H13NO2/c1-13-7-14-12(16)9(11(13)15)6-8-4-2-3-5-10(8)13/h2-5,9H,6-7H2,1H3,(H,14,16). The maximum atomic E-state index is 12.2. The molecule has 2 bridgehead atoms. The molecule has 1 N–H and O–H groups in total. The second-order valence-electron chi connectivity index (χ2n) is 4.83. The summed E-state index contributed by atoms with van der Waals surface area (Å²) in [5, 5.41) is 2.84. The van der Waals surface area contributed by atoms with Crippen molar-refractivity contribution in [3.05, 3.63) is 35.4 Å². The van der Waals surface area contributed by atoms with Gasteiger partial charge >= 0.3 is 0 Å². The summed E-state index contributed by atoms with van der Waals surface area (Å²) in [6.45, 7) is 2.36. The van der Waals surface area contributed by atoms with E-state index in [4.69, 9.17) is 0 Å². The van der Waals surface area contributed by atoms with E-state index in [-0.39, 0.29) is 11.7 Å². The summed E-state index contributed by atoms with van der Waals surface area (Å²) in [5.74, 6) is -0.513. The third-order valence-corrected chi connectivity index (χ3v) is 3.83. The van der Waals surface area contributed by atoms with Crippen molar-refractivity contribution in [2.24, 2.45) is 5.92 Å². The predicted molar refractivity (Wildman–Crippen MR) is 59.0 cm³/mol. The fourth-order valence-electron chi connectivity index (χ4n) is 2.85. The lowest BCUT2D eigenvalue weighted by Gasteiger charge is -2.42. The molecular weight excluding hydrogens is 202 g/mol. The van der Waals surface area contributed by atoms with Crippen LogP contribution in [0.2, 0.25) is 0 Å². The molecule has 3 rings (SSSR count). The molecule has 0 saturated carbocycles. The second kappa shape index (κ2) is 2.94. The maximum Gasteiger partial charge on any atom is 0.230 e. The average Bonchev–Trinajstić information content (AvgIpc) is 2.29. The molecular formula is C13H13NO2. The number of amides is 1. The Morgan fingerprint density at radius 2 is 2.06 bits per heavy atom. The molecule has 2 aliphatic rings. The number of ketones is 1. The number of carbonyl (C=O) groups excluding carboxylic acids is 2. The summed E-state index contributed by atoms with van der Waals surface area (Å²) < 4.78 is 0. The van der Waals surface area contributed by atoms with Crippen molar-refractivity contribution in [3.8, 4) is 0 Å². The van der Waals surface area contributed by atoms with Gasteiger partial charge in [-0.05, 0) is 24.5 Å². The lowest BCUT2D eigenvalue weighted by atomic mass is 9.64. The molecule has 2 unspecified atom stereocenters. The maximum absolute atomic E-state index is 12.2. The largest absolute Gasteiger partial charge is 0.354 e. The number of carbonyl (C=O) groups is 2. The van der Waals surface area contributed by atoms with Gasteiger partial charge in [0.15, 0.2) is 5.78 Å². The van der Waals surface area contributed by atoms with Crippen LogP contribution in [0.15, 0.2) is 24.3 Å². The van der Waals surface area contributed by atoms with Crippen molar-refractivity contribution in [1.29, 1.82) is 0 Å². The van der Waals surface area contributed by atoms with E-state index in [1.165, 1.54) is 0 Å². The Labute approximate surface area is 93.8 Å².